The standard InChI is InChI=1S/C22H20N4O3/c1-15(27)25-19-8-10-20(11-9-19)26-22(29)18-6-4-17(5-7-18)21(28)24-14-16-3-2-12-23-13-16/h2-13H,14H2,1H3,(H,24,28)(H,25,27)(H,26,29). The topological polar surface area (TPSA) is 100 Å². The Labute approximate surface area is 168 Å². The van der Waals surface area contributed by atoms with Gasteiger partial charge < -0.3 is 16.0 Å². The summed E-state index contributed by atoms with van der Waals surface area (Å²) in [5.74, 6) is -0.680. The van der Waals surface area contributed by atoms with Crippen LogP contribution < -0.4 is 16.0 Å². The van der Waals surface area contributed by atoms with Gasteiger partial charge in [-0.1, -0.05) is 6.07 Å². The Hall–Kier alpha value is -4.00. The summed E-state index contributed by atoms with van der Waals surface area (Å²) < 4.78 is 0. The van der Waals surface area contributed by atoms with Gasteiger partial charge in [0.15, 0.2) is 0 Å². The number of pyridine rings is 1. The number of hydrogen-bond donors (Lipinski definition) is 3. The molecule has 0 aliphatic carbocycles. The van der Waals surface area contributed by atoms with Crippen LogP contribution in [0.15, 0.2) is 73.1 Å². The zero-order valence-electron chi connectivity index (χ0n) is 15.8. The van der Waals surface area contributed by atoms with Crippen molar-refractivity contribution in [3.8, 4) is 0 Å². The number of hydrogen-bond acceptors (Lipinski definition) is 4. The Morgan fingerprint density at radius 3 is 1.93 bits per heavy atom. The van der Waals surface area contributed by atoms with Crippen LogP contribution in [0.1, 0.15) is 33.2 Å². The molecule has 0 unspecified atom stereocenters. The summed E-state index contributed by atoms with van der Waals surface area (Å²) in [5, 5.41) is 8.25. The number of aromatic nitrogens is 1. The third kappa shape index (κ3) is 5.74. The molecule has 7 nitrogen and oxygen atoms in total. The third-order valence-corrected chi connectivity index (χ3v) is 4.05. The lowest BCUT2D eigenvalue weighted by atomic mass is 10.1. The summed E-state index contributed by atoms with van der Waals surface area (Å²) in [5.41, 5.74) is 3.05. The number of carbonyl (C=O) groups excluding carboxylic acids is 3. The molecule has 0 bridgehead atoms. The van der Waals surface area contributed by atoms with Crippen LogP contribution in [0.5, 0.6) is 0 Å². The molecule has 0 spiro atoms. The van der Waals surface area contributed by atoms with Gasteiger partial charge in [0.25, 0.3) is 11.8 Å². The summed E-state index contributed by atoms with van der Waals surface area (Å²) in [6.07, 6.45) is 3.36. The second-order valence-corrected chi connectivity index (χ2v) is 6.33. The summed E-state index contributed by atoms with van der Waals surface area (Å²) in [6.45, 7) is 1.81. The molecule has 3 amide bonds. The van der Waals surface area contributed by atoms with E-state index in [9.17, 15) is 14.4 Å². The second kappa shape index (κ2) is 9.27. The highest BCUT2D eigenvalue weighted by atomic mass is 16.2. The van der Waals surface area contributed by atoms with Gasteiger partial charge in [-0.15, -0.1) is 0 Å². The first-order chi connectivity index (χ1) is 14.0. The molecular formula is C22H20N4O3. The number of nitrogens with one attached hydrogen (secondary N) is 3. The fourth-order valence-electron chi connectivity index (χ4n) is 2.60. The van der Waals surface area contributed by atoms with E-state index in [0.717, 1.165) is 5.56 Å². The first kappa shape index (κ1) is 19.8. The average molecular weight is 388 g/mol. The maximum atomic E-state index is 12.4. The van der Waals surface area contributed by atoms with E-state index >= 15 is 0 Å². The van der Waals surface area contributed by atoms with E-state index in [1.54, 1.807) is 60.9 Å². The molecule has 0 saturated heterocycles. The molecule has 29 heavy (non-hydrogen) atoms. The molecule has 0 radical (unpaired) electrons. The fourth-order valence-corrected chi connectivity index (χ4v) is 2.60. The van der Waals surface area contributed by atoms with Crippen LogP contribution >= 0.6 is 0 Å². The van der Waals surface area contributed by atoms with Crippen molar-refractivity contribution in [3.05, 3.63) is 89.7 Å². The Morgan fingerprint density at radius 2 is 1.38 bits per heavy atom. The minimum Gasteiger partial charge on any atom is -0.348 e. The van der Waals surface area contributed by atoms with Crippen molar-refractivity contribution in [2.75, 3.05) is 10.6 Å². The van der Waals surface area contributed by atoms with Gasteiger partial charge in [0.2, 0.25) is 5.91 Å². The Bertz CT molecular complexity index is 1000. The first-order valence-electron chi connectivity index (χ1n) is 8.97. The molecule has 1 heterocycles. The molecule has 0 atom stereocenters. The van der Waals surface area contributed by atoms with Crippen LogP contribution in [0.4, 0.5) is 11.4 Å². The molecule has 7 heteroatoms. The van der Waals surface area contributed by atoms with Crippen molar-refractivity contribution in [2.24, 2.45) is 0 Å². The van der Waals surface area contributed by atoms with Crippen molar-refractivity contribution < 1.29 is 14.4 Å². The number of anilines is 2. The van der Waals surface area contributed by atoms with Gasteiger partial charge in [-0.2, -0.15) is 0 Å². The summed E-state index contributed by atoms with van der Waals surface area (Å²) in [7, 11) is 0. The number of amides is 3. The molecule has 3 rings (SSSR count). The van der Waals surface area contributed by atoms with Crippen molar-refractivity contribution in [1.82, 2.24) is 10.3 Å². The smallest absolute Gasteiger partial charge is 0.255 e. The quantitative estimate of drug-likeness (QED) is 0.604. The van der Waals surface area contributed by atoms with Crippen molar-refractivity contribution in [2.45, 2.75) is 13.5 Å². The predicted octanol–water partition coefficient (Wildman–Crippen LogP) is 3.22. The fraction of sp³-hybridized carbons (Fsp3) is 0.0909. The van der Waals surface area contributed by atoms with Crippen LogP contribution in [0, 0.1) is 0 Å². The summed E-state index contributed by atoms with van der Waals surface area (Å²) in [4.78, 5) is 39.7. The molecule has 1 aromatic heterocycles. The van der Waals surface area contributed by atoms with E-state index in [0.29, 0.717) is 29.0 Å². The van der Waals surface area contributed by atoms with Crippen LogP contribution in [0.25, 0.3) is 0 Å². The maximum absolute atomic E-state index is 12.4. The van der Waals surface area contributed by atoms with Gasteiger partial charge in [-0.25, -0.2) is 0 Å². The number of carbonyl (C=O) groups is 3. The predicted molar refractivity (Wildman–Crippen MR) is 111 cm³/mol. The molecule has 0 aliphatic heterocycles. The highest BCUT2D eigenvalue weighted by Crippen LogP contribution is 2.15. The zero-order valence-corrected chi connectivity index (χ0v) is 15.8. The highest BCUT2D eigenvalue weighted by molar-refractivity contribution is 6.05. The average Bonchev–Trinajstić information content (AvgIpc) is 2.74. The van der Waals surface area contributed by atoms with E-state index in [-0.39, 0.29) is 17.7 Å². The summed E-state index contributed by atoms with van der Waals surface area (Å²) >= 11 is 0. The minimum atomic E-state index is -0.292. The van der Waals surface area contributed by atoms with E-state index in [1.807, 2.05) is 12.1 Å². The van der Waals surface area contributed by atoms with Crippen LogP contribution in [-0.4, -0.2) is 22.7 Å². The highest BCUT2D eigenvalue weighted by Gasteiger charge is 2.09. The Morgan fingerprint density at radius 1 is 0.793 bits per heavy atom. The molecule has 2 aromatic carbocycles. The molecule has 3 aromatic rings. The lowest BCUT2D eigenvalue weighted by molar-refractivity contribution is -0.114. The van der Waals surface area contributed by atoms with Crippen molar-refractivity contribution in [3.63, 3.8) is 0 Å². The minimum absolute atomic E-state index is 0.161. The van der Waals surface area contributed by atoms with Crippen LogP contribution in [0.3, 0.4) is 0 Å². The van der Waals surface area contributed by atoms with E-state index in [2.05, 4.69) is 20.9 Å². The second-order valence-electron chi connectivity index (χ2n) is 6.33. The lowest BCUT2D eigenvalue weighted by Crippen LogP contribution is -2.23. The SMILES string of the molecule is CC(=O)Nc1ccc(NC(=O)c2ccc(C(=O)NCc3cccnc3)cc2)cc1. The number of nitrogens with zero attached hydrogens (tertiary/aromatic N) is 1. The largest absolute Gasteiger partial charge is 0.348 e. The third-order valence-electron chi connectivity index (χ3n) is 4.05. The van der Waals surface area contributed by atoms with Gasteiger partial charge >= 0.3 is 0 Å². The normalized spacial score (nSPS) is 10.1. The van der Waals surface area contributed by atoms with E-state index in [1.165, 1.54) is 6.92 Å². The molecule has 146 valence electrons. The molecule has 0 aliphatic rings. The van der Waals surface area contributed by atoms with E-state index in [4.69, 9.17) is 0 Å². The zero-order chi connectivity index (χ0) is 20.6. The van der Waals surface area contributed by atoms with Gasteiger partial charge in [0.05, 0.1) is 0 Å². The van der Waals surface area contributed by atoms with Gasteiger partial charge in [-0.3, -0.25) is 19.4 Å². The number of rotatable bonds is 6. The molecular weight excluding hydrogens is 368 g/mol. The summed E-state index contributed by atoms with van der Waals surface area (Å²) in [6, 6.07) is 16.9. The monoisotopic (exact) mass is 388 g/mol. The van der Waals surface area contributed by atoms with Crippen LogP contribution in [0.2, 0.25) is 0 Å². The Kier molecular flexibility index (Phi) is 6.32. The molecule has 3 N–H and O–H groups in total. The van der Waals surface area contributed by atoms with Gasteiger partial charge in [-0.05, 0) is 60.2 Å². The van der Waals surface area contributed by atoms with Crippen LogP contribution in [-0.2, 0) is 11.3 Å². The number of benzene rings is 2. The van der Waals surface area contributed by atoms with Gasteiger partial charge in [0, 0.05) is 48.4 Å². The molecule has 0 fully saturated rings. The Balaban J connectivity index is 1.56. The first-order valence-corrected chi connectivity index (χ1v) is 8.97. The lowest BCUT2D eigenvalue weighted by Gasteiger charge is -2.08. The van der Waals surface area contributed by atoms with Crippen molar-refractivity contribution in [1.29, 1.82) is 0 Å². The van der Waals surface area contributed by atoms with E-state index < -0.39 is 0 Å². The molecule has 0 saturated carbocycles. The van der Waals surface area contributed by atoms with Gasteiger partial charge in [0.1, 0.15) is 0 Å². The maximum Gasteiger partial charge on any atom is 0.255 e. The van der Waals surface area contributed by atoms with Crippen molar-refractivity contribution >= 4 is 29.1 Å².